The molecular weight excluding hydrogens is 360 g/mol. The maximum atomic E-state index is 12.4. The van der Waals surface area contributed by atoms with Crippen LogP contribution in [0.25, 0.3) is 0 Å². The van der Waals surface area contributed by atoms with E-state index < -0.39 is 10.0 Å². The number of amides is 2. The van der Waals surface area contributed by atoms with Gasteiger partial charge in [0.2, 0.25) is 0 Å². The van der Waals surface area contributed by atoms with Crippen LogP contribution in [0.4, 0.5) is 10.5 Å². The molecule has 1 aromatic carbocycles. The molecule has 1 saturated heterocycles. The summed E-state index contributed by atoms with van der Waals surface area (Å²) in [5.41, 5.74) is 1.02. The van der Waals surface area contributed by atoms with Gasteiger partial charge in [0, 0.05) is 37.4 Å². The van der Waals surface area contributed by atoms with Gasteiger partial charge in [-0.1, -0.05) is 12.1 Å². The highest BCUT2D eigenvalue weighted by Gasteiger charge is 2.32. The maximum absolute atomic E-state index is 12.4. The number of piperazine rings is 1. The third-order valence-corrected chi connectivity index (χ3v) is 5.75. The van der Waals surface area contributed by atoms with E-state index in [0.29, 0.717) is 11.3 Å². The van der Waals surface area contributed by atoms with Gasteiger partial charge >= 0.3 is 6.03 Å². The normalized spacial score (nSPS) is 15.7. The highest BCUT2D eigenvalue weighted by Crippen LogP contribution is 2.15. The van der Waals surface area contributed by atoms with Gasteiger partial charge in [0.25, 0.3) is 15.2 Å². The van der Waals surface area contributed by atoms with E-state index in [1.165, 1.54) is 16.1 Å². The van der Waals surface area contributed by atoms with Crippen LogP contribution in [-0.4, -0.2) is 70.8 Å². The maximum Gasteiger partial charge on any atom is 0.321 e. The molecule has 1 aliphatic rings. The molecule has 26 heavy (non-hydrogen) atoms. The van der Waals surface area contributed by atoms with Gasteiger partial charge in [0.1, 0.15) is 6.33 Å². The van der Waals surface area contributed by atoms with Crippen molar-refractivity contribution in [1.82, 2.24) is 24.4 Å². The first-order valence-electron chi connectivity index (χ1n) is 7.90. The smallest absolute Gasteiger partial charge is 0.321 e. The number of Topliss-reactive ketones (excluding diaryl/α,β-unsaturated/α-hetero) is 1. The van der Waals surface area contributed by atoms with Crippen molar-refractivity contribution < 1.29 is 18.0 Å². The number of H-pyrrole nitrogens is 1. The molecule has 11 heteroatoms. The van der Waals surface area contributed by atoms with E-state index in [9.17, 15) is 18.0 Å². The lowest BCUT2D eigenvalue weighted by Crippen LogP contribution is -2.51. The van der Waals surface area contributed by atoms with Crippen LogP contribution in [0.5, 0.6) is 0 Å². The Labute approximate surface area is 150 Å². The van der Waals surface area contributed by atoms with Crippen LogP contribution < -0.4 is 5.32 Å². The molecule has 3 rings (SSSR count). The lowest BCUT2D eigenvalue weighted by Gasteiger charge is -2.33. The molecule has 2 aromatic rings. The summed E-state index contributed by atoms with van der Waals surface area (Å²) in [6.07, 6.45) is 1.13. The minimum Gasteiger partial charge on any atom is -0.322 e. The number of hydrogen-bond acceptors (Lipinski definition) is 6. The number of aromatic nitrogens is 3. The van der Waals surface area contributed by atoms with Gasteiger partial charge in [-0.2, -0.15) is 9.40 Å². The number of anilines is 1. The Morgan fingerprint density at radius 3 is 2.54 bits per heavy atom. The second-order valence-corrected chi connectivity index (χ2v) is 7.60. The first-order valence-corrected chi connectivity index (χ1v) is 9.34. The van der Waals surface area contributed by atoms with Crippen LogP contribution in [0.1, 0.15) is 17.3 Å². The van der Waals surface area contributed by atoms with Crippen molar-refractivity contribution in [2.45, 2.75) is 12.1 Å². The highest BCUT2D eigenvalue weighted by atomic mass is 32.2. The molecule has 138 valence electrons. The summed E-state index contributed by atoms with van der Waals surface area (Å²) in [6.45, 7) is 2.25. The second-order valence-electron chi connectivity index (χ2n) is 5.75. The van der Waals surface area contributed by atoms with Crippen LogP contribution in [0.15, 0.2) is 35.7 Å². The van der Waals surface area contributed by atoms with Gasteiger partial charge in [-0.05, 0) is 19.1 Å². The van der Waals surface area contributed by atoms with Gasteiger partial charge in [0.15, 0.2) is 5.78 Å². The van der Waals surface area contributed by atoms with Crippen LogP contribution in [0.3, 0.4) is 0 Å². The number of hydrogen-bond donors (Lipinski definition) is 2. The molecule has 0 spiro atoms. The first kappa shape index (κ1) is 18.0. The molecule has 2 heterocycles. The van der Waals surface area contributed by atoms with Gasteiger partial charge in [-0.25, -0.2) is 23.3 Å². The number of carbonyl (C=O) groups is 2. The van der Waals surface area contributed by atoms with Crippen molar-refractivity contribution in [3.05, 3.63) is 36.2 Å². The van der Waals surface area contributed by atoms with Gasteiger partial charge in [-0.15, -0.1) is 0 Å². The van der Waals surface area contributed by atoms with Crippen LogP contribution >= 0.6 is 0 Å². The summed E-state index contributed by atoms with van der Waals surface area (Å²) in [7, 11) is -3.73. The van der Waals surface area contributed by atoms with E-state index in [4.69, 9.17) is 0 Å². The fraction of sp³-hybridized carbons (Fsp3) is 0.333. The van der Waals surface area contributed by atoms with Gasteiger partial charge in [-0.3, -0.25) is 4.79 Å². The molecule has 0 atom stereocenters. The predicted molar refractivity (Wildman–Crippen MR) is 92.2 cm³/mol. The molecule has 0 radical (unpaired) electrons. The number of benzene rings is 1. The number of rotatable bonds is 4. The number of aromatic amines is 1. The number of nitrogens with one attached hydrogen (secondary N) is 2. The van der Waals surface area contributed by atoms with Gasteiger partial charge in [0.05, 0.1) is 0 Å². The first-order chi connectivity index (χ1) is 12.4. The average molecular weight is 378 g/mol. The molecule has 1 fully saturated rings. The SMILES string of the molecule is CC(=O)c1cccc(NC(=O)N2CCN(S(=O)(=O)c3ncn[nH]3)CC2)c1. The Balaban J connectivity index is 1.60. The van der Waals surface area contributed by atoms with Gasteiger partial charge < -0.3 is 10.2 Å². The van der Waals surface area contributed by atoms with Crippen LogP contribution in [-0.2, 0) is 10.0 Å². The zero-order valence-corrected chi connectivity index (χ0v) is 14.9. The lowest BCUT2D eigenvalue weighted by molar-refractivity contribution is 0.101. The summed E-state index contributed by atoms with van der Waals surface area (Å²) in [5, 5.41) is 8.41. The van der Waals surface area contributed by atoms with Crippen molar-refractivity contribution in [2.24, 2.45) is 0 Å². The fourth-order valence-electron chi connectivity index (χ4n) is 2.59. The monoisotopic (exact) mass is 378 g/mol. The Morgan fingerprint density at radius 2 is 1.92 bits per heavy atom. The van der Waals surface area contributed by atoms with E-state index in [1.54, 1.807) is 24.3 Å². The zero-order chi connectivity index (χ0) is 18.7. The van der Waals surface area contributed by atoms with Crippen molar-refractivity contribution in [3.8, 4) is 0 Å². The van der Waals surface area contributed by atoms with Crippen LogP contribution in [0.2, 0.25) is 0 Å². The number of urea groups is 1. The standard InChI is InChI=1S/C15H18N6O4S/c1-11(22)12-3-2-4-13(9-12)18-15(23)20-5-7-21(8-6-20)26(24,25)14-16-10-17-19-14/h2-4,9-10H,5-8H2,1H3,(H,18,23)(H,16,17,19). The van der Waals surface area contributed by atoms with Crippen LogP contribution in [0, 0.1) is 0 Å². The quantitative estimate of drug-likeness (QED) is 0.748. The summed E-state index contributed by atoms with van der Waals surface area (Å²) in [4.78, 5) is 29.0. The number of nitrogens with zero attached hydrogens (tertiary/aromatic N) is 4. The largest absolute Gasteiger partial charge is 0.322 e. The molecule has 0 aliphatic carbocycles. The van der Waals surface area contributed by atoms with E-state index in [1.807, 2.05) is 0 Å². The fourth-order valence-corrected chi connectivity index (χ4v) is 3.83. The highest BCUT2D eigenvalue weighted by molar-refractivity contribution is 7.88. The van der Waals surface area contributed by atoms with Crippen molar-refractivity contribution in [3.63, 3.8) is 0 Å². The van der Waals surface area contributed by atoms with E-state index in [-0.39, 0.29) is 43.1 Å². The molecule has 2 N–H and O–H groups in total. The molecule has 1 aromatic heterocycles. The molecule has 10 nitrogen and oxygen atoms in total. The third-order valence-electron chi connectivity index (χ3n) is 4.02. The van der Waals surface area contributed by atoms with Crippen molar-refractivity contribution >= 4 is 27.5 Å². The van der Waals surface area contributed by atoms with E-state index in [0.717, 1.165) is 6.33 Å². The minimum atomic E-state index is -3.73. The van der Waals surface area contributed by atoms with E-state index in [2.05, 4.69) is 20.5 Å². The molecule has 0 unspecified atom stereocenters. The van der Waals surface area contributed by atoms with Crippen molar-refractivity contribution in [1.29, 1.82) is 0 Å². The molecule has 2 amide bonds. The zero-order valence-electron chi connectivity index (χ0n) is 14.0. The Bertz CT molecular complexity index is 904. The molecule has 0 bridgehead atoms. The minimum absolute atomic E-state index is 0.0904. The Morgan fingerprint density at radius 1 is 1.19 bits per heavy atom. The number of sulfonamides is 1. The third kappa shape index (κ3) is 3.73. The molecule has 0 saturated carbocycles. The average Bonchev–Trinajstić information content (AvgIpc) is 3.17. The summed E-state index contributed by atoms with van der Waals surface area (Å²) in [6, 6.07) is 6.31. The Kier molecular flexibility index (Phi) is 5.00. The number of ketones is 1. The summed E-state index contributed by atoms with van der Waals surface area (Å²) in [5.74, 6) is -0.0904. The summed E-state index contributed by atoms with van der Waals surface area (Å²) >= 11 is 0. The summed E-state index contributed by atoms with van der Waals surface area (Å²) < 4.78 is 26.0. The Hall–Kier alpha value is -2.79. The lowest BCUT2D eigenvalue weighted by atomic mass is 10.1. The second kappa shape index (κ2) is 7.22. The van der Waals surface area contributed by atoms with E-state index >= 15 is 0 Å². The van der Waals surface area contributed by atoms with Crippen molar-refractivity contribution in [2.75, 3.05) is 31.5 Å². The topological polar surface area (TPSA) is 128 Å². The molecule has 1 aliphatic heterocycles. The number of carbonyl (C=O) groups excluding carboxylic acids is 2. The molecular formula is C15H18N6O4S. The predicted octanol–water partition coefficient (Wildman–Crippen LogP) is 0.546.